The second kappa shape index (κ2) is 9.56. The molecule has 4 rings (SSSR count). The Kier molecular flexibility index (Phi) is 6.75. The van der Waals surface area contributed by atoms with E-state index in [2.05, 4.69) is 15.0 Å². The molecule has 0 bridgehead atoms. The summed E-state index contributed by atoms with van der Waals surface area (Å²) in [7, 11) is -2.04. The van der Waals surface area contributed by atoms with Crippen LogP contribution < -0.4 is 15.6 Å². The van der Waals surface area contributed by atoms with Crippen LogP contribution in [0.25, 0.3) is 10.9 Å². The number of carbonyl (C=O) groups is 1. The van der Waals surface area contributed by atoms with Crippen molar-refractivity contribution in [2.45, 2.75) is 36.7 Å². The van der Waals surface area contributed by atoms with Crippen LogP contribution in [-0.2, 0) is 21.3 Å². The fourth-order valence-electron chi connectivity index (χ4n) is 3.40. The van der Waals surface area contributed by atoms with Crippen molar-refractivity contribution in [3.8, 4) is 0 Å². The van der Waals surface area contributed by atoms with Crippen molar-refractivity contribution in [3.63, 3.8) is 0 Å². The summed E-state index contributed by atoms with van der Waals surface area (Å²) < 4.78 is 34.2. The maximum atomic E-state index is 12.8. The Hall–Kier alpha value is -2.86. The number of carbonyl (C=O) groups excluding carboxylic acids is 1. The van der Waals surface area contributed by atoms with E-state index in [-0.39, 0.29) is 21.3 Å². The molecular formula is C22H24N4O5S2. The zero-order chi connectivity index (χ0) is 23.6. The zero-order valence-electron chi connectivity index (χ0n) is 18.0. The molecule has 1 amide bonds. The van der Waals surface area contributed by atoms with E-state index in [0.29, 0.717) is 41.7 Å². The van der Waals surface area contributed by atoms with Crippen LogP contribution in [-0.4, -0.2) is 43.6 Å². The lowest BCUT2D eigenvalue weighted by atomic mass is 10.1. The average molecular weight is 489 g/mol. The number of H-pyrrole nitrogens is 1. The van der Waals surface area contributed by atoms with Crippen LogP contribution in [0.4, 0.5) is 5.69 Å². The quantitative estimate of drug-likeness (QED) is 0.314. The first-order valence-electron chi connectivity index (χ1n) is 10.5. The van der Waals surface area contributed by atoms with Crippen LogP contribution in [0.5, 0.6) is 0 Å². The average Bonchev–Trinajstić information content (AvgIpc) is 3.59. The maximum absolute atomic E-state index is 12.8. The third kappa shape index (κ3) is 5.38. The molecule has 1 aliphatic carbocycles. The molecule has 2 aromatic carbocycles. The van der Waals surface area contributed by atoms with Gasteiger partial charge in [0, 0.05) is 37.6 Å². The number of aromatic nitrogens is 2. The van der Waals surface area contributed by atoms with E-state index in [0.717, 1.165) is 12.8 Å². The van der Waals surface area contributed by atoms with Crippen LogP contribution in [0.2, 0.25) is 0 Å². The first-order valence-corrected chi connectivity index (χ1v) is 12.4. The molecule has 3 N–H and O–H groups in total. The lowest BCUT2D eigenvalue weighted by molar-refractivity contribution is 0.102. The second-order valence-corrected chi connectivity index (χ2v) is 9.97. The number of aromatic amines is 1. The summed E-state index contributed by atoms with van der Waals surface area (Å²) in [5, 5.41) is 3.12. The van der Waals surface area contributed by atoms with Gasteiger partial charge < -0.3 is 15.0 Å². The molecule has 0 aliphatic heterocycles. The van der Waals surface area contributed by atoms with Crippen LogP contribution in [0.15, 0.2) is 52.2 Å². The van der Waals surface area contributed by atoms with Gasteiger partial charge in [0.1, 0.15) is 0 Å². The van der Waals surface area contributed by atoms with Gasteiger partial charge in [0.15, 0.2) is 4.77 Å². The molecule has 0 unspecified atom stereocenters. The van der Waals surface area contributed by atoms with E-state index in [9.17, 15) is 18.0 Å². The van der Waals surface area contributed by atoms with Crippen molar-refractivity contribution < 1.29 is 17.9 Å². The Morgan fingerprint density at radius 2 is 2.03 bits per heavy atom. The Bertz CT molecular complexity index is 1420. The van der Waals surface area contributed by atoms with Gasteiger partial charge in [-0.3, -0.25) is 14.2 Å². The van der Waals surface area contributed by atoms with Crippen molar-refractivity contribution >= 4 is 44.7 Å². The minimum absolute atomic E-state index is 0.0130. The number of nitrogens with zero attached hydrogens (tertiary/aromatic N) is 1. The van der Waals surface area contributed by atoms with Crippen molar-refractivity contribution in [1.29, 1.82) is 0 Å². The summed E-state index contributed by atoms with van der Waals surface area (Å²) in [5.41, 5.74) is 0.859. The minimum atomic E-state index is -3.63. The van der Waals surface area contributed by atoms with Gasteiger partial charge in [-0.1, -0.05) is 6.07 Å². The van der Waals surface area contributed by atoms with Gasteiger partial charge in [-0.05, 0) is 67.9 Å². The number of hydrogen-bond donors (Lipinski definition) is 3. The Balaban J connectivity index is 1.56. The molecule has 1 fully saturated rings. The molecule has 0 spiro atoms. The van der Waals surface area contributed by atoms with E-state index >= 15 is 0 Å². The van der Waals surface area contributed by atoms with E-state index < -0.39 is 15.9 Å². The van der Waals surface area contributed by atoms with E-state index in [1.165, 1.54) is 16.7 Å². The summed E-state index contributed by atoms with van der Waals surface area (Å²) in [6.45, 7) is 0.937. The smallest absolute Gasteiger partial charge is 0.262 e. The number of ether oxygens (including phenoxy) is 1. The van der Waals surface area contributed by atoms with Crippen molar-refractivity contribution in [1.82, 2.24) is 14.3 Å². The van der Waals surface area contributed by atoms with Gasteiger partial charge >= 0.3 is 0 Å². The zero-order valence-corrected chi connectivity index (χ0v) is 19.6. The summed E-state index contributed by atoms with van der Waals surface area (Å²) in [6.07, 6.45) is 2.31. The predicted molar refractivity (Wildman–Crippen MR) is 128 cm³/mol. The number of benzene rings is 2. The van der Waals surface area contributed by atoms with Gasteiger partial charge in [0.05, 0.1) is 15.8 Å². The molecule has 0 radical (unpaired) electrons. The number of methoxy groups -OCH3 is 1. The molecule has 33 heavy (non-hydrogen) atoms. The fourth-order valence-corrected chi connectivity index (χ4v) is 5.03. The topological polar surface area (TPSA) is 122 Å². The highest BCUT2D eigenvalue weighted by Crippen LogP contribution is 2.23. The fraction of sp³-hybridized carbons (Fsp3) is 0.318. The SMILES string of the molecule is COCCCn1c(=S)[nH]c2cc(C(=O)Nc3cccc(S(=O)(=O)NC4CC4)c3)ccc2c1=O. The van der Waals surface area contributed by atoms with E-state index in [4.69, 9.17) is 17.0 Å². The number of nitrogens with one attached hydrogen (secondary N) is 3. The summed E-state index contributed by atoms with van der Waals surface area (Å²) in [6, 6.07) is 10.7. The summed E-state index contributed by atoms with van der Waals surface area (Å²) in [5.74, 6) is -0.440. The van der Waals surface area contributed by atoms with Crippen molar-refractivity contribution in [2.24, 2.45) is 0 Å². The molecular weight excluding hydrogens is 464 g/mol. The minimum Gasteiger partial charge on any atom is -0.385 e. The molecule has 0 saturated heterocycles. The van der Waals surface area contributed by atoms with Crippen LogP contribution in [0.1, 0.15) is 29.6 Å². The Morgan fingerprint density at radius 3 is 2.76 bits per heavy atom. The van der Waals surface area contributed by atoms with Gasteiger partial charge in [-0.2, -0.15) is 0 Å². The largest absolute Gasteiger partial charge is 0.385 e. The number of fused-ring (bicyclic) bond motifs is 1. The number of rotatable bonds is 9. The lowest BCUT2D eigenvalue weighted by Gasteiger charge is -2.10. The molecule has 174 valence electrons. The first kappa shape index (κ1) is 23.3. The molecule has 3 aromatic rings. The second-order valence-electron chi connectivity index (χ2n) is 7.87. The van der Waals surface area contributed by atoms with Crippen LogP contribution >= 0.6 is 12.2 Å². The monoisotopic (exact) mass is 488 g/mol. The number of sulfonamides is 1. The summed E-state index contributed by atoms with van der Waals surface area (Å²) in [4.78, 5) is 28.7. The highest BCUT2D eigenvalue weighted by molar-refractivity contribution is 7.89. The highest BCUT2D eigenvalue weighted by Gasteiger charge is 2.28. The molecule has 11 heteroatoms. The number of amides is 1. The van der Waals surface area contributed by atoms with Gasteiger partial charge in [-0.25, -0.2) is 13.1 Å². The van der Waals surface area contributed by atoms with Crippen LogP contribution in [0, 0.1) is 4.77 Å². The van der Waals surface area contributed by atoms with Crippen LogP contribution in [0.3, 0.4) is 0 Å². The predicted octanol–water partition coefficient (Wildman–Crippen LogP) is 2.79. The van der Waals surface area contributed by atoms with Crippen molar-refractivity contribution in [3.05, 3.63) is 63.2 Å². The third-order valence-electron chi connectivity index (χ3n) is 5.28. The van der Waals surface area contributed by atoms with Gasteiger partial charge in [0.25, 0.3) is 11.5 Å². The van der Waals surface area contributed by atoms with E-state index in [1.54, 1.807) is 37.4 Å². The number of anilines is 1. The van der Waals surface area contributed by atoms with Gasteiger partial charge in [-0.15, -0.1) is 0 Å². The molecule has 9 nitrogen and oxygen atoms in total. The lowest BCUT2D eigenvalue weighted by Crippen LogP contribution is -2.25. The Labute approximate surface area is 195 Å². The highest BCUT2D eigenvalue weighted by atomic mass is 32.2. The maximum Gasteiger partial charge on any atom is 0.262 e. The van der Waals surface area contributed by atoms with Crippen molar-refractivity contribution in [2.75, 3.05) is 19.0 Å². The van der Waals surface area contributed by atoms with E-state index in [1.807, 2.05) is 0 Å². The first-order chi connectivity index (χ1) is 15.8. The molecule has 0 atom stereocenters. The number of hydrogen-bond acceptors (Lipinski definition) is 6. The normalized spacial score (nSPS) is 13.8. The summed E-state index contributed by atoms with van der Waals surface area (Å²) >= 11 is 5.32. The van der Waals surface area contributed by atoms with Gasteiger partial charge in [0.2, 0.25) is 10.0 Å². The third-order valence-corrected chi connectivity index (χ3v) is 7.12. The molecule has 1 aromatic heterocycles. The standard InChI is InChI=1S/C22H24N4O5S2/c1-31-11-3-10-26-21(28)18-9-6-14(12-19(18)24-22(26)32)20(27)23-16-4-2-5-17(13-16)33(29,30)25-15-7-8-15/h2,4-6,9,12-13,15,25H,3,7-8,10-11H2,1H3,(H,23,27)(H,24,32). The molecule has 1 aliphatic rings. The Morgan fingerprint density at radius 1 is 1.24 bits per heavy atom. The molecule has 1 saturated carbocycles. The molecule has 1 heterocycles.